The van der Waals surface area contributed by atoms with Gasteiger partial charge in [-0.25, -0.2) is 0 Å². The Kier molecular flexibility index (Phi) is 3.89. The number of carbonyl (C=O) groups is 2. The van der Waals surface area contributed by atoms with Crippen LogP contribution in [0.5, 0.6) is 0 Å². The van der Waals surface area contributed by atoms with E-state index in [1.807, 2.05) is 42.5 Å². The Morgan fingerprint density at radius 1 is 1.09 bits per heavy atom. The molecule has 0 unspecified atom stereocenters. The maximum atomic E-state index is 12.3. The molecule has 0 saturated heterocycles. The molecule has 0 fully saturated rings. The van der Waals surface area contributed by atoms with Crippen molar-refractivity contribution in [1.82, 2.24) is 4.90 Å². The Bertz CT molecular complexity index is 762. The minimum Gasteiger partial charge on any atom is -0.383 e. The standard InChI is InChI=1S/C17H16N2O3/c1-22-10-9-19-16(20)11-15(17(19)21)18-14-8-4-6-12-5-2-3-7-13(12)14/h2-8,11,18H,9-10H2,1H3. The highest BCUT2D eigenvalue weighted by Gasteiger charge is 2.30. The Hall–Kier alpha value is -2.66. The van der Waals surface area contributed by atoms with Crippen LogP contribution >= 0.6 is 0 Å². The third-order valence-corrected chi connectivity index (χ3v) is 3.59. The average molecular weight is 296 g/mol. The fraction of sp³-hybridized carbons (Fsp3) is 0.176. The van der Waals surface area contributed by atoms with Gasteiger partial charge in [0.2, 0.25) is 0 Å². The smallest absolute Gasteiger partial charge is 0.277 e. The Labute approximate surface area is 128 Å². The lowest BCUT2D eigenvalue weighted by Gasteiger charge is -2.15. The Morgan fingerprint density at radius 3 is 2.68 bits per heavy atom. The molecule has 0 aromatic heterocycles. The highest BCUT2D eigenvalue weighted by atomic mass is 16.5. The van der Waals surface area contributed by atoms with Crippen LogP contribution in [0.2, 0.25) is 0 Å². The molecule has 1 aliphatic rings. The van der Waals surface area contributed by atoms with Crippen LogP contribution < -0.4 is 5.32 Å². The van der Waals surface area contributed by atoms with E-state index in [1.54, 1.807) is 0 Å². The molecule has 5 heteroatoms. The zero-order valence-corrected chi connectivity index (χ0v) is 12.2. The van der Waals surface area contributed by atoms with Gasteiger partial charge >= 0.3 is 0 Å². The van der Waals surface area contributed by atoms with Gasteiger partial charge < -0.3 is 10.1 Å². The maximum Gasteiger partial charge on any atom is 0.277 e. The molecule has 5 nitrogen and oxygen atoms in total. The molecule has 0 radical (unpaired) electrons. The second-order valence-corrected chi connectivity index (χ2v) is 5.00. The summed E-state index contributed by atoms with van der Waals surface area (Å²) in [6, 6.07) is 13.7. The molecule has 0 atom stereocenters. The average Bonchev–Trinajstić information content (AvgIpc) is 2.80. The van der Waals surface area contributed by atoms with Crippen LogP contribution in [-0.4, -0.2) is 37.0 Å². The minimum atomic E-state index is -0.324. The number of nitrogens with zero attached hydrogens (tertiary/aromatic N) is 1. The van der Waals surface area contributed by atoms with E-state index in [-0.39, 0.29) is 24.1 Å². The van der Waals surface area contributed by atoms with Crippen molar-refractivity contribution in [3.05, 3.63) is 54.2 Å². The number of nitrogens with one attached hydrogen (secondary N) is 1. The lowest BCUT2D eigenvalue weighted by molar-refractivity contribution is -0.137. The number of methoxy groups -OCH3 is 1. The number of amides is 2. The first-order chi connectivity index (χ1) is 10.7. The van der Waals surface area contributed by atoms with Crippen molar-refractivity contribution in [1.29, 1.82) is 0 Å². The summed E-state index contributed by atoms with van der Waals surface area (Å²) >= 11 is 0. The Morgan fingerprint density at radius 2 is 1.86 bits per heavy atom. The van der Waals surface area contributed by atoms with Gasteiger partial charge in [0.25, 0.3) is 11.8 Å². The van der Waals surface area contributed by atoms with Gasteiger partial charge in [-0.1, -0.05) is 36.4 Å². The largest absolute Gasteiger partial charge is 0.383 e. The van der Waals surface area contributed by atoms with Gasteiger partial charge in [-0.3, -0.25) is 14.5 Å². The Balaban J connectivity index is 1.85. The highest BCUT2D eigenvalue weighted by molar-refractivity contribution is 6.18. The van der Waals surface area contributed by atoms with E-state index in [0.717, 1.165) is 16.5 Å². The molecule has 0 bridgehead atoms. The zero-order chi connectivity index (χ0) is 15.5. The van der Waals surface area contributed by atoms with Crippen LogP contribution in [0.15, 0.2) is 54.2 Å². The fourth-order valence-corrected chi connectivity index (χ4v) is 2.47. The van der Waals surface area contributed by atoms with Crippen molar-refractivity contribution in [3.8, 4) is 0 Å². The van der Waals surface area contributed by atoms with E-state index in [2.05, 4.69) is 5.32 Å². The van der Waals surface area contributed by atoms with Gasteiger partial charge in [-0.15, -0.1) is 0 Å². The van der Waals surface area contributed by atoms with E-state index in [4.69, 9.17) is 4.74 Å². The molecule has 0 spiro atoms. The molecule has 0 saturated carbocycles. The topological polar surface area (TPSA) is 58.6 Å². The van der Waals surface area contributed by atoms with Crippen LogP contribution in [0, 0.1) is 0 Å². The van der Waals surface area contributed by atoms with E-state index >= 15 is 0 Å². The second kappa shape index (κ2) is 5.99. The molecule has 0 aliphatic carbocycles. The third-order valence-electron chi connectivity index (χ3n) is 3.59. The van der Waals surface area contributed by atoms with Crippen LogP contribution in [-0.2, 0) is 14.3 Å². The van der Waals surface area contributed by atoms with E-state index in [0.29, 0.717) is 6.61 Å². The van der Waals surface area contributed by atoms with Gasteiger partial charge in [0.05, 0.1) is 13.2 Å². The predicted octanol–water partition coefficient (Wildman–Crippen LogP) is 2.15. The molecule has 2 amide bonds. The number of anilines is 1. The second-order valence-electron chi connectivity index (χ2n) is 5.00. The first-order valence-corrected chi connectivity index (χ1v) is 7.02. The van der Waals surface area contributed by atoms with Crippen molar-refractivity contribution in [2.45, 2.75) is 0 Å². The van der Waals surface area contributed by atoms with Crippen LogP contribution in [0.1, 0.15) is 0 Å². The SMILES string of the molecule is COCCN1C(=O)C=C(Nc2cccc3ccccc23)C1=O. The van der Waals surface area contributed by atoms with E-state index in [1.165, 1.54) is 18.1 Å². The van der Waals surface area contributed by atoms with Crippen molar-refractivity contribution < 1.29 is 14.3 Å². The molecule has 3 rings (SSSR count). The molecular formula is C17H16N2O3. The van der Waals surface area contributed by atoms with E-state index < -0.39 is 0 Å². The summed E-state index contributed by atoms with van der Waals surface area (Å²) in [5, 5.41) is 5.15. The van der Waals surface area contributed by atoms with E-state index in [9.17, 15) is 9.59 Å². The van der Waals surface area contributed by atoms with Crippen LogP contribution in [0.25, 0.3) is 10.8 Å². The van der Waals surface area contributed by atoms with Gasteiger partial charge in [0, 0.05) is 24.3 Å². The number of ether oxygens (including phenoxy) is 1. The van der Waals surface area contributed by atoms with Crippen molar-refractivity contribution in [2.75, 3.05) is 25.6 Å². The van der Waals surface area contributed by atoms with Gasteiger partial charge in [0.1, 0.15) is 5.70 Å². The monoisotopic (exact) mass is 296 g/mol. The molecule has 1 heterocycles. The molecule has 2 aromatic carbocycles. The number of imide groups is 1. The number of fused-ring (bicyclic) bond motifs is 1. The molecule has 22 heavy (non-hydrogen) atoms. The molecule has 1 aliphatic heterocycles. The first kappa shape index (κ1) is 14.3. The predicted molar refractivity (Wildman–Crippen MR) is 84.2 cm³/mol. The summed E-state index contributed by atoms with van der Waals surface area (Å²) < 4.78 is 4.92. The van der Waals surface area contributed by atoms with Crippen molar-refractivity contribution in [2.24, 2.45) is 0 Å². The maximum absolute atomic E-state index is 12.3. The highest BCUT2D eigenvalue weighted by Crippen LogP contribution is 2.25. The number of benzene rings is 2. The molecular weight excluding hydrogens is 280 g/mol. The third kappa shape index (κ3) is 2.58. The zero-order valence-electron chi connectivity index (χ0n) is 12.2. The molecule has 2 aromatic rings. The lowest BCUT2D eigenvalue weighted by atomic mass is 10.1. The van der Waals surface area contributed by atoms with Crippen LogP contribution in [0.3, 0.4) is 0 Å². The summed E-state index contributed by atoms with van der Waals surface area (Å²) in [6.07, 6.45) is 1.33. The van der Waals surface area contributed by atoms with Crippen LogP contribution in [0.4, 0.5) is 5.69 Å². The molecule has 112 valence electrons. The van der Waals surface area contributed by atoms with Gasteiger partial charge in [0.15, 0.2) is 0 Å². The number of hydrogen-bond donors (Lipinski definition) is 1. The number of carbonyl (C=O) groups excluding carboxylic acids is 2. The van der Waals surface area contributed by atoms with Gasteiger partial charge in [-0.05, 0) is 11.5 Å². The van der Waals surface area contributed by atoms with Crippen molar-refractivity contribution >= 4 is 28.3 Å². The number of rotatable bonds is 5. The summed E-state index contributed by atoms with van der Waals surface area (Å²) in [5.74, 6) is -0.639. The normalized spacial score (nSPS) is 14.6. The quantitative estimate of drug-likeness (QED) is 0.859. The summed E-state index contributed by atoms with van der Waals surface area (Å²) in [4.78, 5) is 25.3. The molecule has 1 N–H and O–H groups in total. The summed E-state index contributed by atoms with van der Waals surface area (Å²) in [5.41, 5.74) is 1.09. The lowest BCUT2D eigenvalue weighted by Crippen LogP contribution is -2.34. The number of hydrogen-bond acceptors (Lipinski definition) is 4. The fourth-order valence-electron chi connectivity index (χ4n) is 2.47. The summed E-state index contributed by atoms with van der Waals surface area (Å²) in [6.45, 7) is 0.582. The first-order valence-electron chi connectivity index (χ1n) is 7.02. The summed E-state index contributed by atoms with van der Waals surface area (Å²) in [7, 11) is 1.54. The van der Waals surface area contributed by atoms with Gasteiger partial charge in [-0.2, -0.15) is 0 Å². The van der Waals surface area contributed by atoms with Crippen molar-refractivity contribution in [3.63, 3.8) is 0 Å². The minimum absolute atomic E-state index is 0.255.